The molecule has 0 radical (unpaired) electrons. The molecule has 154 valence electrons. The number of nitrogens with zero attached hydrogens (tertiary/aromatic N) is 3. The Morgan fingerprint density at radius 1 is 1.19 bits per heavy atom. The van der Waals surface area contributed by atoms with Crippen LogP contribution in [0.15, 0.2) is 0 Å². The molecule has 0 aliphatic carbocycles. The maximum atomic E-state index is 12.7. The molecule has 6 heteroatoms. The van der Waals surface area contributed by atoms with Crippen molar-refractivity contribution < 1.29 is 14.3 Å². The van der Waals surface area contributed by atoms with E-state index in [0.29, 0.717) is 30.7 Å². The third kappa shape index (κ3) is 5.15. The van der Waals surface area contributed by atoms with E-state index in [1.165, 1.54) is 0 Å². The third-order valence-corrected chi connectivity index (χ3v) is 6.66. The Balaban J connectivity index is 1.43. The number of hydrogen-bond donors (Lipinski definition) is 0. The van der Waals surface area contributed by atoms with Crippen LogP contribution in [0.25, 0.3) is 0 Å². The zero-order valence-corrected chi connectivity index (χ0v) is 17.4. The van der Waals surface area contributed by atoms with Crippen LogP contribution < -0.4 is 0 Å². The van der Waals surface area contributed by atoms with E-state index in [-0.39, 0.29) is 11.7 Å². The lowest BCUT2D eigenvalue weighted by molar-refractivity contribution is -0.135. The molecule has 0 unspecified atom stereocenters. The zero-order chi connectivity index (χ0) is 19.4. The Bertz CT molecular complexity index is 521. The summed E-state index contributed by atoms with van der Waals surface area (Å²) in [6.45, 7) is 12.8. The summed E-state index contributed by atoms with van der Waals surface area (Å²) in [5.41, 5.74) is -0.364. The molecule has 0 atom stereocenters. The van der Waals surface area contributed by atoms with Crippen LogP contribution >= 0.6 is 0 Å². The van der Waals surface area contributed by atoms with Crippen molar-refractivity contribution in [3.63, 3.8) is 0 Å². The number of carbonyl (C=O) groups is 2. The van der Waals surface area contributed by atoms with E-state index in [9.17, 15) is 9.59 Å². The molecule has 27 heavy (non-hydrogen) atoms. The second-order valence-corrected chi connectivity index (χ2v) is 9.12. The minimum atomic E-state index is -0.364. The minimum absolute atomic E-state index is 0.168. The van der Waals surface area contributed by atoms with Crippen molar-refractivity contribution in [3.8, 4) is 0 Å². The predicted octanol–water partition coefficient (Wildman–Crippen LogP) is 2.97. The lowest BCUT2D eigenvalue weighted by atomic mass is 9.89. The molecule has 0 saturated carbocycles. The first kappa shape index (κ1) is 20.4. The first-order valence-electron chi connectivity index (χ1n) is 10.9. The van der Waals surface area contributed by atoms with Crippen LogP contribution in [0, 0.1) is 11.8 Å². The van der Waals surface area contributed by atoms with E-state index in [1.54, 1.807) is 0 Å². The predicted molar refractivity (Wildman–Crippen MR) is 106 cm³/mol. The first-order valence-corrected chi connectivity index (χ1v) is 10.9. The summed E-state index contributed by atoms with van der Waals surface area (Å²) in [5, 5.41) is 0. The van der Waals surface area contributed by atoms with Gasteiger partial charge in [-0.2, -0.15) is 0 Å². The van der Waals surface area contributed by atoms with E-state index < -0.39 is 0 Å². The van der Waals surface area contributed by atoms with Gasteiger partial charge in [0.2, 0.25) is 5.91 Å². The smallest absolute Gasteiger partial charge is 0.410 e. The largest absolute Gasteiger partial charge is 0.441 e. The Labute approximate surface area is 164 Å². The molecule has 3 fully saturated rings. The average Bonchev–Trinajstić information content (AvgIpc) is 2.96. The number of amides is 2. The first-order chi connectivity index (χ1) is 12.9. The average molecular weight is 380 g/mol. The molecule has 0 aromatic carbocycles. The molecule has 2 amide bonds. The summed E-state index contributed by atoms with van der Waals surface area (Å²) in [4.78, 5) is 31.3. The summed E-state index contributed by atoms with van der Waals surface area (Å²) in [7, 11) is 0. The van der Waals surface area contributed by atoms with Crippen molar-refractivity contribution in [2.24, 2.45) is 11.8 Å². The molecule has 3 saturated heterocycles. The van der Waals surface area contributed by atoms with Gasteiger partial charge in [-0.3, -0.25) is 4.79 Å². The molecule has 0 aromatic heterocycles. The number of piperidine rings is 2. The van der Waals surface area contributed by atoms with Crippen LogP contribution in [0.2, 0.25) is 0 Å². The highest BCUT2D eigenvalue weighted by Crippen LogP contribution is 2.34. The van der Waals surface area contributed by atoms with Gasteiger partial charge < -0.3 is 19.4 Å². The van der Waals surface area contributed by atoms with Gasteiger partial charge in [0.1, 0.15) is 5.60 Å². The molecular weight excluding hydrogens is 342 g/mol. The molecule has 0 aromatic rings. The van der Waals surface area contributed by atoms with Gasteiger partial charge in [-0.25, -0.2) is 4.79 Å². The van der Waals surface area contributed by atoms with Gasteiger partial charge in [0.15, 0.2) is 0 Å². The maximum absolute atomic E-state index is 12.7. The van der Waals surface area contributed by atoms with Crippen LogP contribution in [0.4, 0.5) is 4.79 Å². The number of rotatable bonds is 6. The summed E-state index contributed by atoms with van der Waals surface area (Å²) in [6.07, 6.45) is 5.35. The SMILES string of the molecule is CCN1CCC(CC(=O)N2CCC3(CC2)CN(CCC(C)C)C(=O)O3)CC1. The lowest BCUT2D eigenvalue weighted by Gasteiger charge is -2.38. The van der Waals surface area contributed by atoms with Crippen LogP contribution in [-0.4, -0.2) is 78.1 Å². The summed E-state index contributed by atoms with van der Waals surface area (Å²) < 4.78 is 5.78. The molecule has 3 heterocycles. The second kappa shape index (κ2) is 8.80. The number of likely N-dealkylation sites (tertiary alicyclic amines) is 2. The van der Waals surface area contributed by atoms with Gasteiger partial charge in [-0.15, -0.1) is 0 Å². The highest BCUT2D eigenvalue weighted by molar-refractivity contribution is 5.76. The summed E-state index contributed by atoms with van der Waals surface area (Å²) >= 11 is 0. The van der Waals surface area contributed by atoms with Gasteiger partial charge in [-0.05, 0) is 50.7 Å². The second-order valence-electron chi connectivity index (χ2n) is 9.12. The van der Waals surface area contributed by atoms with E-state index in [4.69, 9.17) is 4.74 Å². The molecule has 1 spiro atoms. The fourth-order valence-electron chi connectivity index (χ4n) is 4.59. The third-order valence-electron chi connectivity index (χ3n) is 6.66. The zero-order valence-electron chi connectivity index (χ0n) is 17.4. The van der Waals surface area contributed by atoms with Crippen LogP contribution in [0.1, 0.15) is 59.3 Å². The van der Waals surface area contributed by atoms with Crippen molar-refractivity contribution in [1.82, 2.24) is 14.7 Å². The molecule has 0 N–H and O–H groups in total. The fourth-order valence-corrected chi connectivity index (χ4v) is 4.59. The highest BCUT2D eigenvalue weighted by atomic mass is 16.6. The Kier molecular flexibility index (Phi) is 6.66. The lowest BCUT2D eigenvalue weighted by Crippen LogP contribution is -2.49. The number of carbonyl (C=O) groups excluding carboxylic acids is 2. The van der Waals surface area contributed by atoms with Crippen LogP contribution in [0.5, 0.6) is 0 Å². The van der Waals surface area contributed by atoms with Crippen molar-refractivity contribution in [3.05, 3.63) is 0 Å². The molecule has 6 nitrogen and oxygen atoms in total. The topological polar surface area (TPSA) is 53.1 Å². The monoisotopic (exact) mass is 379 g/mol. The van der Waals surface area contributed by atoms with E-state index in [2.05, 4.69) is 25.7 Å². The highest BCUT2D eigenvalue weighted by Gasteiger charge is 2.47. The fraction of sp³-hybridized carbons (Fsp3) is 0.905. The Hall–Kier alpha value is -1.30. The van der Waals surface area contributed by atoms with Crippen LogP contribution in [-0.2, 0) is 9.53 Å². The molecule has 3 aliphatic heterocycles. The minimum Gasteiger partial charge on any atom is -0.441 e. The molecule has 3 rings (SSSR count). The van der Waals surface area contributed by atoms with Crippen molar-refractivity contribution >= 4 is 12.0 Å². The van der Waals surface area contributed by atoms with E-state index in [1.807, 2.05) is 9.80 Å². The van der Waals surface area contributed by atoms with Crippen molar-refractivity contribution in [1.29, 1.82) is 0 Å². The van der Waals surface area contributed by atoms with Gasteiger partial charge in [0.25, 0.3) is 0 Å². The molecular formula is C21H37N3O3. The van der Waals surface area contributed by atoms with Crippen molar-refractivity contribution in [2.45, 2.75) is 64.9 Å². The molecule has 3 aliphatic rings. The Morgan fingerprint density at radius 2 is 1.85 bits per heavy atom. The van der Waals surface area contributed by atoms with Crippen LogP contribution in [0.3, 0.4) is 0 Å². The maximum Gasteiger partial charge on any atom is 0.410 e. The number of ether oxygens (including phenoxy) is 1. The number of hydrogen-bond acceptors (Lipinski definition) is 4. The Morgan fingerprint density at radius 3 is 2.44 bits per heavy atom. The standard InChI is InChI=1S/C21H37N3O3/c1-4-22-10-6-18(7-11-22)15-19(25)23-13-8-21(9-14-23)16-24(20(26)27-21)12-5-17(2)3/h17-18H,4-16H2,1-3H3. The van der Waals surface area contributed by atoms with E-state index in [0.717, 1.165) is 71.4 Å². The quantitative estimate of drug-likeness (QED) is 0.712. The normalized spacial score (nSPS) is 24.1. The van der Waals surface area contributed by atoms with Gasteiger partial charge >= 0.3 is 6.09 Å². The van der Waals surface area contributed by atoms with Gasteiger partial charge in [-0.1, -0.05) is 20.8 Å². The van der Waals surface area contributed by atoms with Gasteiger partial charge in [0, 0.05) is 38.9 Å². The summed E-state index contributed by atoms with van der Waals surface area (Å²) in [5.74, 6) is 1.41. The van der Waals surface area contributed by atoms with Gasteiger partial charge in [0.05, 0.1) is 6.54 Å². The molecule has 0 bridgehead atoms. The summed E-state index contributed by atoms with van der Waals surface area (Å²) in [6, 6.07) is 0. The van der Waals surface area contributed by atoms with Crippen molar-refractivity contribution in [2.75, 3.05) is 45.8 Å². The van der Waals surface area contributed by atoms with E-state index >= 15 is 0 Å².